The Kier molecular flexibility index (Phi) is 10.2. The predicted octanol–water partition coefficient (Wildman–Crippen LogP) is 5.38. The van der Waals surface area contributed by atoms with Crippen LogP contribution in [0.15, 0.2) is 78.9 Å². The molecule has 1 aliphatic carbocycles. The third-order valence-corrected chi connectivity index (χ3v) is 7.13. The van der Waals surface area contributed by atoms with E-state index in [4.69, 9.17) is 14.2 Å². The molecule has 0 amide bonds. The Morgan fingerprint density at radius 3 is 2.45 bits per heavy atom. The number of rotatable bonds is 12. The van der Waals surface area contributed by atoms with E-state index in [0.29, 0.717) is 18.9 Å². The number of hydrogen-bond acceptors (Lipinski definition) is 6. The number of carbonyl (C=O) groups is 1. The Balaban J connectivity index is 1.50. The second-order valence-electron chi connectivity index (χ2n) is 9.84. The molecule has 0 unspecified atom stereocenters. The molecule has 0 radical (unpaired) electrons. The standard InChI is InChI=1S/C32H39NO5/c1-3-36-32(35)23-38-31-18-17-26-13-10-14-28(19-27(26)20-31)33(24(2)25-11-6-4-7-12-25)21-29(34)22-37-30-15-8-5-9-16-30/h4-9,11-12,15-18,20,24,28-29,34H,3,10,13-14,19,21-23H2,1-2H3/t24-,28-,29-/m0/s1. The predicted molar refractivity (Wildman–Crippen MR) is 149 cm³/mol. The molecule has 0 spiro atoms. The van der Waals surface area contributed by atoms with Crippen molar-refractivity contribution in [1.82, 2.24) is 4.90 Å². The normalized spacial score (nSPS) is 16.7. The van der Waals surface area contributed by atoms with E-state index in [1.165, 1.54) is 16.7 Å². The summed E-state index contributed by atoms with van der Waals surface area (Å²) in [5, 5.41) is 11.1. The molecule has 0 heterocycles. The van der Waals surface area contributed by atoms with Crippen LogP contribution in [0.1, 0.15) is 49.4 Å². The van der Waals surface area contributed by atoms with Crippen molar-refractivity contribution in [3.8, 4) is 11.5 Å². The van der Waals surface area contributed by atoms with Crippen LogP contribution in [-0.4, -0.2) is 54.5 Å². The van der Waals surface area contributed by atoms with Crippen molar-refractivity contribution in [2.24, 2.45) is 0 Å². The number of hydrogen-bond donors (Lipinski definition) is 1. The molecule has 0 bridgehead atoms. The highest BCUT2D eigenvalue weighted by atomic mass is 16.6. The topological polar surface area (TPSA) is 68.2 Å². The number of ether oxygens (including phenoxy) is 3. The average Bonchev–Trinajstić information content (AvgIpc) is 3.16. The van der Waals surface area contributed by atoms with Crippen LogP contribution in [0, 0.1) is 0 Å². The average molecular weight is 518 g/mol. The van der Waals surface area contributed by atoms with E-state index in [2.05, 4.69) is 48.2 Å². The molecular formula is C32H39NO5. The Hall–Kier alpha value is -3.35. The lowest BCUT2D eigenvalue weighted by Gasteiger charge is -2.38. The molecule has 38 heavy (non-hydrogen) atoms. The smallest absolute Gasteiger partial charge is 0.344 e. The summed E-state index contributed by atoms with van der Waals surface area (Å²) in [7, 11) is 0. The Labute approximate surface area is 226 Å². The number of aliphatic hydroxyl groups is 1. The van der Waals surface area contributed by atoms with Gasteiger partial charge in [-0.05, 0) is 80.5 Å². The van der Waals surface area contributed by atoms with Gasteiger partial charge in [-0.3, -0.25) is 4.90 Å². The van der Waals surface area contributed by atoms with Gasteiger partial charge in [0.25, 0.3) is 0 Å². The quantitative estimate of drug-likeness (QED) is 0.257. The van der Waals surface area contributed by atoms with E-state index < -0.39 is 6.10 Å². The zero-order valence-electron chi connectivity index (χ0n) is 22.4. The first-order valence-electron chi connectivity index (χ1n) is 13.6. The number of nitrogens with zero attached hydrogens (tertiary/aromatic N) is 1. The lowest BCUT2D eigenvalue weighted by molar-refractivity contribution is -0.145. The van der Waals surface area contributed by atoms with Gasteiger partial charge in [-0.25, -0.2) is 4.79 Å². The van der Waals surface area contributed by atoms with Crippen LogP contribution in [0.4, 0.5) is 0 Å². The van der Waals surface area contributed by atoms with Crippen LogP contribution in [0.5, 0.6) is 11.5 Å². The molecule has 0 saturated carbocycles. The molecule has 6 heteroatoms. The summed E-state index contributed by atoms with van der Waals surface area (Å²) in [6, 6.07) is 26.5. The first kappa shape index (κ1) is 27.7. The van der Waals surface area contributed by atoms with Gasteiger partial charge in [0, 0.05) is 18.6 Å². The molecule has 3 aromatic rings. The SMILES string of the molecule is CCOC(=O)COc1ccc2c(c1)C[C@@H](N(C[C@H](O)COc1ccccc1)[C@@H](C)c1ccccc1)CCC2. The first-order chi connectivity index (χ1) is 18.5. The Bertz CT molecular complexity index is 1140. The third-order valence-electron chi connectivity index (χ3n) is 7.13. The number of fused-ring (bicyclic) bond motifs is 1. The molecule has 0 aliphatic heterocycles. The van der Waals surface area contributed by atoms with Crippen LogP contribution in [0.25, 0.3) is 0 Å². The molecule has 6 nitrogen and oxygen atoms in total. The number of benzene rings is 3. The summed E-state index contributed by atoms with van der Waals surface area (Å²) >= 11 is 0. The molecule has 4 rings (SSSR count). The van der Waals surface area contributed by atoms with Crippen molar-refractivity contribution in [1.29, 1.82) is 0 Å². The largest absolute Gasteiger partial charge is 0.491 e. The second-order valence-corrected chi connectivity index (χ2v) is 9.84. The Morgan fingerprint density at radius 1 is 0.974 bits per heavy atom. The zero-order chi connectivity index (χ0) is 26.7. The van der Waals surface area contributed by atoms with Crippen molar-refractivity contribution in [3.05, 3.63) is 95.6 Å². The zero-order valence-corrected chi connectivity index (χ0v) is 22.4. The fraction of sp³-hybridized carbons (Fsp3) is 0.406. The minimum absolute atomic E-state index is 0.0964. The van der Waals surface area contributed by atoms with Crippen molar-refractivity contribution < 1.29 is 24.1 Å². The number of para-hydroxylation sites is 1. The van der Waals surface area contributed by atoms with E-state index >= 15 is 0 Å². The van der Waals surface area contributed by atoms with Gasteiger partial charge in [-0.2, -0.15) is 0 Å². The molecule has 0 fully saturated rings. The number of aliphatic hydroxyl groups excluding tert-OH is 1. The van der Waals surface area contributed by atoms with Crippen LogP contribution in [0.3, 0.4) is 0 Å². The van der Waals surface area contributed by atoms with Gasteiger partial charge >= 0.3 is 5.97 Å². The van der Waals surface area contributed by atoms with Crippen LogP contribution < -0.4 is 9.47 Å². The van der Waals surface area contributed by atoms with Crippen LogP contribution >= 0.6 is 0 Å². The maximum absolute atomic E-state index is 11.8. The third kappa shape index (κ3) is 7.83. The summed E-state index contributed by atoms with van der Waals surface area (Å²) < 4.78 is 16.6. The minimum atomic E-state index is -0.636. The summed E-state index contributed by atoms with van der Waals surface area (Å²) in [5.41, 5.74) is 3.77. The fourth-order valence-corrected chi connectivity index (χ4v) is 5.19. The van der Waals surface area contributed by atoms with Crippen LogP contribution in [-0.2, 0) is 22.4 Å². The first-order valence-corrected chi connectivity index (χ1v) is 13.6. The summed E-state index contributed by atoms with van der Waals surface area (Å²) in [6.45, 7) is 4.98. The molecule has 1 N–H and O–H groups in total. The molecule has 0 aromatic heterocycles. The summed E-state index contributed by atoms with van der Waals surface area (Å²) in [6.07, 6.45) is 3.29. The lowest BCUT2D eigenvalue weighted by atomic mass is 9.97. The van der Waals surface area contributed by atoms with E-state index in [1.807, 2.05) is 42.5 Å². The van der Waals surface area contributed by atoms with Crippen LogP contribution in [0.2, 0.25) is 0 Å². The van der Waals surface area contributed by atoms with Gasteiger partial charge in [0.15, 0.2) is 6.61 Å². The van der Waals surface area contributed by atoms with Crippen molar-refractivity contribution in [2.75, 3.05) is 26.4 Å². The maximum atomic E-state index is 11.8. The lowest BCUT2D eigenvalue weighted by Crippen LogP contribution is -2.44. The number of esters is 1. The highest BCUT2D eigenvalue weighted by Gasteiger charge is 2.29. The molecule has 1 aliphatic rings. The summed E-state index contributed by atoms with van der Waals surface area (Å²) in [5.74, 6) is 1.07. The van der Waals surface area contributed by atoms with E-state index in [-0.39, 0.29) is 31.3 Å². The van der Waals surface area contributed by atoms with E-state index in [0.717, 1.165) is 31.4 Å². The monoisotopic (exact) mass is 517 g/mol. The highest BCUT2D eigenvalue weighted by Crippen LogP contribution is 2.32. The van der Waals surface area contributed by atoms with E-state index in [9.17, 15) is 9.90 Å². The molecule has 0 saturated heterocycles. The van der Waals surface area contributed by atoms with E-state index in [1.54, 1.807) is 6.92 Å². The maximum Gasteiger partial charge on any atom is 0.344 e. The van der Waals surface area contributed by atoms with Gasteiger partial charge in [0.1, 0.15) is 24.2 Å². The molecule has 3 atom stereocenters. The molecule has 202 valence electrons. The number of aryl methyl sites for hydroxylation is 1. The fourth-order valence-electron chi connectivity index (χ4n) is 5.19. The van der Waals surface area contributed by atoms with Crippen molar-refractivity contribution in [3.63, 3.8) is 0 Å². The second kappa shape index (κ2) is 14.0. The van der Waals surface area contributed by atoms with Gasteiger partial charge in [0.2, 0.25) is 0 Å². The van der Waals surface area contributed by atoms with Gasteiger partial charge in [-0.15, -0.1) is 0 Å². The summed E-state index contributed by atoms with van der Waals surface area (Å²) in [4.78, 5) is 14.2. The Morgan fingerprint density at radius 2 is 1.71 bits per heavy atom. The molecule has 3 aromatic carbocycles. The van der Waals surface area contributed by atoms with Crippen molar-refractivity contribution in [2.45, 2.75) is 57.7 Å². The number of carbonyl (C=O) groups excluding carboxylic acids is 1. The van der Waals surface area contributed by atoms with Gasteiger partial charge in [-0.1, -0.05) is 54.6 Å². The molecular weight excluding hydrogens is 478 g/mol. The van der Waals surface area contributed by atoms with Gasteiger partial charge in [0.05, 0.1) is 6.61 Å². The van der Waals surface area contributed by atoms with Crippen molar-refractivity contribution >= 4 is 5.97 Å². The highest BCUT2D eigenvalue weighted by molar-refractivity contribution is 5.71. The van der Waals surface area contributed by atoms with Gasteiger partial charge < -0.3 is 19.3 Å². The minimum Gasteiger partial charge on any atom is -0.491 e.